The van der Waals surface area contributed by atoms with Gasteiger partial charge in [0.05, 0.1) is 0 Å². The minimum Gasteiger partial charge on any atom is -0.285 e. The lowest BCUT2D eigenvalue weighted by Crippen LogP contribution is -2.23. The molecule has 2 aromatic heterocycles. The number of fused-ring (bicyclic) bond motifs is 1. The Kier molecular flexibility index (Phi) is 5.08. The summed E-state index contributed by atoms with van der Waals surface area (Å²) in [5.41, 5.74) is 2.64. The Labute approximate surface area is 167 Å². The van der Waals surface area contributed by atoms with E-state index in [2.05, 4.69) is 20.9 Å². The summed E-state index contributed by atoms with van der Waals surface area (Å²) in [5.74, 6) is 3.11. The summed E-state index contributed by atoms with van der Waals surface area (Å²) >= 11 is 0. The third kappa shape index (κ3) is 3.61. The van der Waals surface area contributed by atoms with Crippen LogP contribution in [0.3, 0.4) is 0 Å². The highest BCUT2D eigenvalue weighted by Gasteiger charge is 2.27. The van der Waals surface area contributed by atoms with Crippen molar-refractivity contribution < 1.29 is 9.78 Å². The fourth-order valence-corrected chi connectivity index (χ4v) is 3.49. The van der Waals surface area contributed by atoms with Gasteiger partial charge in [-0.05, 0) is 12.0 Å². The zero-order valence-electron chi connectivity index (χ0n) is 15.8. The first-order valence-electron chi connectivity index (χ1n) is 9.48. The average Bonchev–Trinajstić information content (AvgIpc) is 3.15. The Bertz CT molecular complexity index is 1260. The molecule has 0 aliphatic rings. The van der Waals surface area contributed by atoms with Crippen LogP contribution < -0.4 is 10.5 Å². The summed E-state index contributed by atoms with van der Waals surface area (Å²) in [4.78, 5) is 35.5. The number of terminal acetylenes is 1. The zero-order chi connectivity index (χ0) is 20.2. The summed E-state index contributed by atoms with van der Waals surface area (Å²) in [6.07, 6.45) is 7.33. The van der Waals surface area contributed by atoms with Crippen molar-refractivity contribution in [2.45, 2.75) is 19.3 Å². The Hall–Kier alpha value is -3.91. The van der Waals surface area contributed by atoms with Crippen LogP contribution in [-0.2, 0) is 6.42 Å². The summed E-state index contributed by atoms with van der Waals surface area (Å²) in [7, 11) is 0. The molecule has 4 rings (SSSR count). The normalized spacial score (nSPS) is 10.7. The number of aromatic amines is 3. The van der Waals surface area contributed by atoms with Crippen molar-refractivity contribution in [1.82, 2.24) is 9.97 Å². The van der Waals surface area contributed by atoms with Crippen molar-refractivity contribution in [2.24, 2.45) is 0 Å². The molecule has 3 N–H and O–H groups in total. The number of carbonyl (C=O) groups excluding carboxylic acids is 1. The molecule has 0 saturated carbocycles. The number of benzene rings is 2. The van der Waals surface area contributed by atoms with Gasteiger partial charge in [-0.25, -0.2) is 9.97 Å². The van der Waals surface area contributed by atoms with Crippen LogP contribution in [0.1, 0.15) is 34.7 Å². The quantitative estimate of drug-likeness (QED) is 0.304. The molecule has 0 unspecified atom stereocenters. The number of nitrogens with one attached hydrogen (secondary N) is 3. The second kappa shape index (κ2) is 7.99. The maximum atomic E-state index is 13.2. The fraction of sp³-hybridized carbons (Fsp3) is 0.125. The Morgan fingerprint density at radius 2 is 1.69 bits per heavy atom. The van der Waals surface area contributed by atoms with Gasteiger partial charge in [-0.1, -0.05) is 60.7 Å². The lowest BCUT2D eigenvalue weighted by molar-refractivity contribution is -0.366. The van der Waals surface area contributed by atoms with E-state index in [0.717, 1.165) is 12.0 Å². The summed E-state index contributed by atoms with van der Waals surface area (Å²) in [5, 5.41) is 0.441. The van der Waals surface area contributed by atoms with Gasteiger partial charge in [-0.3, -0.25) is 14.6 Å². The molecule has 0 aliphatic heterocycles. The van der Waals surface area contributed by atoms with Crippen molar-refractivity contribution in [2.75, 3.05) is 0 Å². The number of carbonyl (C=O) groups is 1. The molecule has 0 atom stereocenters. The molecule has 0 amide bonds. The molecular weight excluding hydrogens is 362 g/mol. The lowest BCUT2D eigenvalue weighted by Gasteiger charge is -2.02. The standard InChI is InChI=1S/C24H19N3O2/c1-2-3-6-15-18-25-23-20(24(29)26-18)19(16-11-7-4-8-12-16)21(27-23)22(28)17-13-9-5-10-14-17/h1,4-5,7-14H,3,6,15H2,(H2,25,26,27,29)/p+1. The first-order valence-corrected chi connectivity index (χ1v) is 9.48. The molecule has 2 aromatic carbocycles. The first kappa shape index (κ1) is 18.5. The van der Waals surface area contributed by atoms with Crippen molar-refractivity contribution in [3.05, 3.63) is 88.1 Å². The van der Waals surface area contributed by atoms with Crippen LogP contribution in [0, 0.1) is 12.3 Å². The molecule has 0 bridgehead atoms. The van der Waals surface area contributed by atoms with Crippen molar-refractivity contribution in [3.8, 4) is 23.5 Å². The molecule has 29 heavy (non-hydrogen) atoms. The number of aryl methyl sites for hydroxylation is 1. The smallest absolute Gasteiger partial charge is 0.285 e. The molecule has 0 fully saturated rings. The minimum absolute atomic E-state index is 0.165. The van der Waals surface area contributed by atoms with Gasteiger partial charge in [0.2, 0.25) is 17.3 Å². The van der Waals surface area contributed by atoms with Gasteiger partial charge in [0.25, 0.3) is 0 Å². The SMILES string of the molecule is C#CCCCc1[nH]c(=O)c2c(-c3ccccc3)c(C(=O)c3ccccc3)[nH]c2[nH+]1. The highest BCUT2D eigenvalue weighted by atomic mass is 16.1. The second-order valence-corrected chi connectivity index (χ2v) is 6.80. The van der Waals surface area contributed by atoms with E-state index >= 15 is 0 Å². The second-order valence-electron chi connectivity index (χ2n) is 6.80. The molecule has 2 heterocycles. The molecule has 0 aliphatic carbocycles. The predicted octanol–water partition coefficient (Wildman–Crippen LogP) is 3.52. The number of ketones is 1. The van der Waals surface area contributed by atoms with E-state index in [-0.39, 0.29) is 11.3 Å². The molecule has 4 aromatic rings. The largest absolute Gasteiger partial charge is 0.318 e. The molecule has 0 spiro atoms. The Morgan fingerprint density at radius 1 is 1.00 bits per heavy atom. The van der Waals surface area contributed by atoms with Gasteiger partial charge < -0.3 is 0 Å². The van der Waals surface area contributed by atoms with Crippen LogP contribution in [0.4, 0.5) is 0 Å². The van der Waals surface area contributed by atoms with Gasteiger partial charge in [0, 0.05) is 24.0 Å². The Balaban J connectivity index is 1.92. The monoisotopic (exact) mass is 382 g/mol. The topological polar surface area (TPSA) is 79.9 Å². The van der Waals surface area contributed by atoms with Crippen LogP contribution >= 0.6 is 0 Å². The average molecular weight is 382 g/mol. The van der Waals surface area contributed by atoms with Crippen LogP contribution in [0.5, 0.6) is 0 Å². The molecule has 0 radical (unpaired) electrons. The van der Waals surface area contributed by atoms with E-state index in [1.165, 1.54) is 0 Å². The summed E-state index contributed by atoms with van der Waals surface area (Å²) in [6, 6.07) is 18.5. The molecule has 5 heteroatoms. The van der Waals surface area contributed by atoms with Crippen LogP contribution in [0.15, 0.2) is 65.5 Å². The molecule has 0 saturated heterocycles. The van der Waals surface area contributed by atoms with Crippen molar-refractivity contribution in [1.29, 1.82) is 0 Å². The van der Waals surface area contributed by atoms with Gasteiger partial charge in [-0.2, -0.15) is 0 Å². The number of H-pyrrole nitrogens is 3. The third-order valence-electron chi connectivity index (χ3n) is 4.84. The van der Waals surface area contributed by atoms with Crippen LogP contribution in [-0.4, -0.2) is 15.8 Å². The number of rotatable bonds is 6. The van der Waals surface area contributed by atoms with Crippen LogP contribution in [0.25, 0.3) is 22.2 Å². The summed E-state index contributed by atoms with van der Waals surface area (Å²) in [6.45, 7) is 0. The van der Waals surface area contributed by atoms with Crippen LogP contribution in [0.2, 0.25) is 0 Å². The maximum absolute atomic E-state index is 13.2. The lowest BCUT2D eigenvalue weighted by atomic mass is 9.98. The van der Waals surface area contributed by atoms with E-state index in [1.807, 2.05) is 48.5 Å². The van der Waals surface area contributed by atoms with Crippen molar-refractivity contribution >= 4 is 16.8 Å². The maximum Gasteiger partial charge on any atom is 0.318 e. The molecular formula is C24H20N3O2+. The number of unbranched alkanes of at least 4 members (excludes halogenated alkanes) is 1. The van der Waals surface area contributed by atoms with Gasteiger partial charge >= 0.3 is 5.56 Å². The zero-order valence-corrected chi connectivity index (χ0v) is 15.8. The summed E-state index contributed by atoms with van der Waals surface area (Å²) < 4.78 is 0. The van der Waals surface area contributed by atoms with E-state index in [0.29, 0.717) is 46.5 Å². The third-order valence-corrected chi connectivity index (χ3v) is 4.84. The number of hydrogen-bond acceptors (Lipinski definition) is 2. The van der Waals surface area contributed by atoms with E-state index < -0.39 is 0 Å². The van der Waals surface area contributed by atoms with Gasteiger partial charge in [0.1, 0.15) is 5.39 Å². The van der Waals surface area contributed by atoms with Gasteiger partial charge in [0.15, 0.2) is 5.69 Å². The fourth-order valence-electron chi connectivity index (χ4n) is 3.49. The van der Waals surface area contributed by atoms with E-state index in [1.54, 1.807) is 12.1 Å². The predicted molar refractivity (Wildman–Crippen MR) is 113 cm³/mol. The highest BCUT2D eigenvalue weighted by Crippen LogP contribution is 2.30. The van der Waals surface area contributed by atoms with Crippen molar-refractivity contribution in [3.63, 3.8) is 0 Å². The minimum atomic E-state index is -0.239. The van der Waals surface area contributed by atoms with Gasteiger partial charge in [-0.15, -0.1) is 12.3 Å². The van der Waals surface area contributed by atoms with E-state index in [4.69, 9.17) is 6.42 Å². The highest BCUT2D eigenvalue weighted by molar-refractivity contribution is 6.16. The molecule has 142 valence electrons. The molecule has 5 nitrogen and oxygen atoms in total. The Morgan fingerprint density at radius 3 is 2.38 bits per heavy atom. The first-order chi connectivity index (χ1) is 14.2. The number of aromatic nitrogens is 3. The number of hydrogen-bond donors (Lipinski definition) is 2. The van der Waals surface area contributed by atoms with E-state index in [9.17, 15) is 9.59 Å².